The molecular weight excluding hydrogens is 442 g/mol. The summed E-state index contributed by atoms with van der Waals surface area (Å²) in [6.07, 6.45) is 5.73. The van der Waals surface area contributed by atoms with Gasteiger partial charge in [0.25, 0.3) is 5.91 Å². The Morgan fingerprint density at radius 3 is 2.57 bits per heavy atom. The van der Waals surface area contributed by atoms with E-state index in [1.165, 1.54) is 42.6 Å². The molecule has 1 saturated carbocycles. The first-order valence-electron chi connectivity index (χ1n) is 12.6. The molecule has 3 aliphatic rings. The van der Waals surface area contributed by atoms with Crippen LogP contribution in [0.4, 0.5) is 0 Å². The first-order chi connectivity index (χ1) is 16.9. The zero-order valence-electron chi connectivity index (χ0n) is 20.5. The minimum atomic E-state index is -0.834. The van der Waals surface area contributed by atoms with Crippen LogP contribution in [-0.4, -0.2) is 49.5 Å². The Balaban J connectivity index is 1.34. The van der Waals surface area contributed by atoms with Gasteiger partial charge in [-0.3, -0.25) is 14.5 Å². The van der Waals surface area contributed by atoms with Crippen molar-refractivity contribution in [2.24, 2.45) is 17.0 Å². The highest BCUT2D eigenvalue weighted by molar-refractivity contribution is 5.98. The van der Waals surface area contributed by atoms with E-state index in [-0.39, 0.29) is 16.9 Å². The third-order valence-corrected chi connectivity index (χ3v) is 8.57. The summed E-state index contributed by atoms with van der Waals surface area (Å²) < 4.78 is 5.58. The number of rotatable bonds is 8. The lowest BCUT2D eigenvalue weighted by atomic mass is 9.56. The van der Waals surface area contributed by atoms with Crippen LogP contribution in [0.1, 0.15) is 64.4 Å². The molecule has 2 aromatic rings. The Labute approximate surface area is 206 Å². The lowest BCUT2D eigenvalue weighted by molar-refractivity contribution is 0.0159. The van der Waals surface area contributed by atoms with Crippen LogP contribution in [0.3, 0.4) is 0 Å². The number of piperidine rings is 1. The molecule has 3 unspecified atom stereocenters. The third kappa shape index (κ3) is 4.49. The van der Waals surface area contributed by atoms with Crippen LogP contribution in [0.15, 0.2) is 47.6 Å². The molecule has 0 radical (unpaired) electrons. The number of likely N-dealkylation sites (tertiary alicyclic amines) is 1. The molecule has 1 saturated heterocycles. The van der Waals surface area contributed by atoms with Crippen molar-refractivity contribution in [3.8, 4) is 5.75 Å². The summed E-state index contributed by atoms with van der Waals surface area (Å²) in [6, 6.07) is 13.1. The number of methoxy groups -OCH3 is 1. The largest absolute Gasteiger partial charge is 0.497 e. The van der Waals surface area contributed by atoms with Crippen LogP contribution >= 0.6 is 0 Å². The van der Waals surface area contributed by atoms with Crippen LogP contribution in [0, 0.1) is 16.7 Å². The summed E-state index contributed by atoms with van der Waals surface area (Å²) in [7, 11) is 1.71. The van der Waals surface area contributed by atoms with Gasteiger partial charge in [0.15, 0.2) is 0 Å². The second-order valence-corrected chi connectivity index (χ2v) is 10.4. The smallest absolute Gasteiger partial charge is 0.316 e. The van der Waals surface area contributed by atoms with Crippen molar-refractivity contribution in [2.45, 2.75) is 50.5 Å². The maximum atomic E-state index is 12.8. The van der Waals surface area contributed by atoms with Gasteiger partial charge in [0, 0.05) is 40.9 Å². The molecule has 1 N–H and O–H groups in total. The maximum absolute atomic E-state index is 12.8. The van der Waals surface area contributed by atoms with Crippen molar-refractivity contribution in [1.29, 1.82) is 0 Å². The van der Waals surface area contributed by atoms with Gasteiger partial charge in [0.2, 0.25) is 0 Å². The van der Waals surface area contributed by atoms with Crippen molar-refractivity contribution in [3.05, 3.63) is 69.6 Å². The van der Waals surface area contributed by atoms with Crippen molar-refractivity contribution < 1.29 is 14.3 Å². The number of carbonyl (C=O) groups excluding carboxylic acids is 2. The second-order valence-electron chi connectivity index (χ2n) is 10.4. The molecule has 184 valence electrons. The SMILES string of the molecule is COc1ccc2c(c1)C1(CCNC(=O)c3ccc(C(=O)N=O)cc3)CCN(CC3CC3)C(C2)C1C. The molecule has 0 spiro atoms. The van der Waals surface area contributed by atoms with Crippen molar-refractivity contribution in [3.63, 3.8) is 0 Å². The second kappa shape index (κ2) is 9.53. The third-order valence-electron chi connectivity index (χ3n) is 8.57. The quantitative estimate of drug-likeness (QED) is 0.574. The maximum Gasteiger partial charge on any atom is 0.316 e. The Morgan fingerprint density at radius 2 is 1.89 bits per heavy atom. The normalized spacial score (nSPS) is 25.4. The van der Waals surface area contributed by atoms with Crippen LogP contribution in [0.5, 0.6) is 5.75 Å². The summed E-state index contributed by atoms with van der Waals surface area (Å²) in [5.74, 6) is 1.22. The number of benzene rings is 2. The van der Waals surface area contributed by atoms with Gasteiger partial charge in [-0.25, -0.2) is 0 Å². The average molecular weight is 476 g/mol. The lowest BCUT2D eigenvalue weighted by Crippen LogP contribution is -2.60. The minimum Gasteiger partial charge on any atom is -0.497 e. The number of nitrogens with one attached hydrogen (secondary N) is 1. The van der Waals surface area contributed by atoms with Gasteiger partial charge in [-0.05, 0) is 98.0 Å². The molecule has 2 aliphatic carbocycles. The van der Waals surface area contributed by atoms with Crippen LogP contribution in [0.25, 0.3) is 0 Å². The molecule has 3 atom stereocenters. The fourth-order valence-electron chi connectivity index (χ4n) is 6.32. The van der Waals surface area contributed by atoms with E-state index < -0.39 is 5.91 Å². The monoisotopic (exact) mass is 475 g/mol. The molecule has 7 heteroatoms. The van der Waals surface area contributed by atoms with E-state index in [2.05, 4.69) is 40.5 Å². The van der Waals surface area contributed by atoms with E-state index in [4.69, 9.17) is 4.74 Å². The Bertz CT molecular complexity index is 1130. The van der Waals surface area contributed by atoms with Crippen molar-refractivity contribution in [1.82, 2.24) is 10.2 Å². The topological polar surface area (TPSA) is 88.1 Å². The number of carbonyl (C=O) groups is 2. The zero-order chi connectivity index (χ0) is 24.6. The number of nitroso groups, excluding NO2 is 1. The molecule has 1 heterocycles. The molecule has 2 bridgehead atoms. The zero-order valence-corrected chi connectivity index (χ0v) is 20.5. The molecule has 0 aromatic heterocycles. The molecule has 7 nitrogen and oxygen atoms in total. The van der Waals surface area contributed by atoms with E-state index in [0.717, 1.165) is 37.5 Å². The van der Waals surface area contributed by atoms with Gasteiger partial charge in [0.05, 0.1) is 7.11 Å². The predicted octanol–water partition coefficient (Wildman–Crippen LogP) is 4.34. The number of amides is 2. The van der Waals surface area contributed by atoms with Crippen LogP contribution in [-0.2, 0) is 11.8 Å². The number of nitrogens with zero attached hydrogens (tertiary/aromatic N) is 2. The standard InChI is InChI=1S/C28H33N3O4/c1-18-25-15-22-9-10-23(35-2)16-24(22)28(18,12-14-31(25)17-19-3-4-19)11-13-29-26(32)20-5-7-21(8-6-20)27(33)30-34/h5-10,16,18-19,25H,3-4,11-15,17H2,1-2H3,(H,29,32). The van der Waals surface area contributed by atoms with E-state index >= 15 is 0 Å². The highest BCUT2D eigenvalue weighted by Gasteiger charge is 2.51. The van der Waals surface area contributed by atoms with E-state index in [1.807, 2.05) is 0 Å². The van der Waals surface area contributed by atoms with Gasteiger partial charge >= 0.3 is 5.91 Å². The first-order valence-corrected chi connectivity index (χ1v) is 12.6. The molecule has 2 aromatic carbocycles. The molecular formula is C28H33N3O4. The van der Waals surface area contributed by atoms with Crippen molar-refractivity contribution in [2.75, 3.05) is 26.7 Å². The Morgan fingerprint density at radius 1 is 1.14 bits per heavy atom. The molecule has 2 fully saturated rings. The first kappa shape index (κ1) is 23.7. The summed E-state index contributed by atoms with van der Waals surface area (Å²) in [6.45, 7) is 5.26. The minimum absolute atomic E-state index is 0.00791. The fourth-order valence-corrected chi connectivity index (χ4v) is 6.32. The lowest BCUT2D eigenvalue weighted by Gasteiger charge is -2.56. The molecule has 2 amide bonds. The van der Waals surface area contributed by atoms with Gasteiger partial charge in [-0.1, -0.05) is 13.0 Å². The number of ether oxygens (including phenoxy) is 1. The van der Waals surface area contributed by atoms with Gasteiger partial charge < -0.3 is 10.1 Å². The Hall–Kier alpha value is -3.06. The van der Waals surface area contributed by atoms with Crippen LogP contribution < -0.4 is 10.1 Å². The summed E-state index contributed by atoms with van der Waals surface area (Å²) >= 11 is 0. The van der Waals surface area contributed by atoms with E-state index in [9.17, 15) is 14.5 Å². The number of hydrogen-bond donors (Lipinski definition) is 1. The number of hydrogen-bond acceptors (Lipinski definition) is 5. The summed E-state index contributed by atoms with van der Waals surface area (Å²) in [5, 5.41) is 5.51. The fraction of sp³-hybridized carbons (Fsp3) is 0.500. The Kier molecular flexibility index (Phi) is 6.45. The highest BCUT2D eigenvalue weighted by atomic mass is 16.5. The van der Waals surface area contributed by atoms with Crippen molar-refractivity contribution >= 4 is 11.8 Å². The van der Waals surface area contributed by atoms with Gasteiger partial charge in [0.1, 0.15) is 5.75 Å². The summed E-state index contributed by atoms with van der Waals surface area (Å²) in [4.78, 5) is 37.4. The average Bonchev–Trinajstić information content (AvgIpc) is 3.70. The highest BCUT2D eigenvalue weighted by Crippen LogP contribution is 2.52. The molecule has 35 heavy (non-hydrogen) atoms. The summed E-state index contributed by atoms with van der Waals surface area (Å²) in [5.41, 5.74) is 3.42. The van der Waals surface area contributed by atoms with E-state index in [0.29, 0.717) is 24.1 Å². The van der Waals surface area contributed by atoms with Gasteiger partial charge in [-0.2, -0.15) is 0 Å². The molecule has 5 rings (SSSR count). The molecule has 1 aliphatic heterocycles. The van der Waals surface area contributed by atoms with E-state index in [1.54, 1.807) is 19.2 Å². The van der Waals surface area contributed by atoms with Crippen LogP contribution in [0.2, 0.25) is 0 Å². The predicted molar refractivity (Wildman–Crippen MR) is 134 cm³/mol. The van der Waals surface area contributed by atoms with Gasteiger partial charge in [-0.15, -0.1) is 4.91 Å². The number of fused-ring (bicyclic) bond motifs is 4.